The van der Waals surface area contributed by atoms with Crippen LogP contribution in [-0.2, 0) is 0 Å². The molecule has 21 heavy (non-hydrogen) atoms. The van der Waals surface area contributed by atoms with Crippen LogP contribution in [0.4, 0.5) is 11.8 Å². The number of rotatable bonds is 5. The van der Waals surface area contributed by atoms with E-state index in [4.69, 9.17) is 5.84 Å². The maximum atomic E-state index is 10.2. The third-order valence-electron chi connectivity index (χ3n) is 3.10. The average Bonchev–Trinajstić information content (AvgIpc) is 3.01. The van der Waals surface area contributed by atoms with Crippen LogP contribution in [0.1, 0.15) is 11.7 Å². The standard InChI is InChI=1S/C14H15N5OS/c15-19-14-17-12(10-6-7-21-13(10)18-14)16-8-11(20)9-4-2-1-3-5-9/h1-7,11,20H,8,15H2,(H2,16,17,18,19). The molecule has 0 saturated carbocycles. The molecule has 0 bridgehead atoms. The number of nitrogen functional groups attached to an aromatic ring is 1. The Bertz CT molecular complexity index is 731. The van der Waals surface area contributed by atoms with E-state index < -0.39 is 6.10 Å². The fourth-order valence-electron chi connectivity index (χ4n) is 2.04. The minimum absolute atomic E-state index is 0.349. The largest absolute Gasteiger partial charge is 0.387 e. The van der Waals surface area contributed by atoms with Gasteiger partial charge in [0.1, 0.15) is 10.6 Å². The maximum Gasteiger partial charge on any atom is 0.240 e. The Kier molecular flexibility index (Phi) is 3.96. The number of nitrogens with one attached hydrogen (secondary N) is 2. The highest BCUT2D eigenvalue weighted by atomic mass is 32.1. The van der Waals surface area contributed by atoms with Crippen LogP contribution in [0.25, 0.3) is 10.2 Å². The molecule has 1 atom stereocenters. The van der Waals surface area contributed by atoms with E-state index in [9.17, 15) is 5.11 Å². The summed E-state index contributed by atoms with van der Waals surface area (Å²) in [6.45, 7) is 0.357. The van der Waals surface area contributed by atoms with Crippen LogP contribution in [0.2, 0.25) is 0 Å². The molecule has 3 aromatic rings. The lowest BCUT2D eigenvalue weighted by molar-refractivity contribution is 0.191. The summed E-state index contributed by atoms with van der Waals surface area (Å²) < 4.78 is 0. The van der Waals surface area contributed by atoms with Gasteiger partial charge in [0.15, 0.2) is 0 Å². The van der Waals surface area contributed by atoms with Crippen molar-refractivity contribution in [3.05, 3.63) is 47.3 Å². The zero-order valence-corrected chi connectivity index (χ0v) is 12.0. The quantitative estimate of drug-likeness (QED) is 0.426. The molecule has 0 spiro atoms. The van der Waals surface area contributed by atoms with Gasteiger partial charge >= 0.3 is 0 Å². The first kappa shape index (κ1) is 13.7. The van der Waals surface area contributed by atoms with Crippen molar-refractivity contribution in [3.63, 3.8) is 0 Å². The number of nitrogens with zero attached hydrogens (tertiary/aromatic N) is 2. The molecular formula is C14H15N5OS. The molecule has 2 heterocycles. The molecule has 3 rings (SSSR count). The van der Waals surface area contributed by atoms with Gasteiger partial charge in [0.25, 0.3) is 0 Å². The number of hydrogen-bond acceptors (Lipinski definition) is 7. The second kappa shape index (κ2) is 6.04. The predicted octanol–water partition coefficient (Wildman–Crippen LogP) is 2.12. The van der Waals surface area contributed by atoms with Crippen molar-refractivity contribution in [2.75, 3.05) is 17.3 Å². The molecule has 7 heteroatoms. The Morgan fingerprint density at radius 2 is 2.00 bits per heavy atom. The number of nitrogens with two attached hydrogens (primary N) is 1. The molecule has 0 radical (unpaired) electrons. The smallest absolute Gasteiger partial charge is 0.240 e. The van der Waals surface area contributed by atoms with Crippen LogP contribution < -0.4 is 16.6 Å². The highest BCUT2D eigenvalue weighted by molar-refractivity contribution is 7.16. The fourth-order valence-corrected chi connectivity index (χ4v) is 2.80. The molecule has 6 nitrogen and oxygen atoms in total. The van der Waals surface area contributed by atoms with Crippen molar-refractivity contribution in [2.45, 2.75) is 6.10 Å². The van der Waals surface area contributed by atoms with Gasteiger partial charge in [-0.3, -0.25) is 5.43 Å². The average molecular weight is 301 g/mol. The normalized spacial score (nSPS) is 12.3. The summed E-state index contributed by atoms with van der Waals surface area (Å²) in [5.74, 6) is 6.38. The van der Waals surface area contributed by atoms with Crippen LogP contribution in [0, 0.1) is 0 Å². The monoisotopic (exact) mass is 301 g/mol. The number of thiophene rings is 1. The van der Waals surface area contributed by atoms with Gasteiger partial charge in [0.05, 0.1) is 11.5 Å². The minimum atomic E-state index is -0.607. The molecule has 0 aliphatic rings. The first-order valence-corrected chi connectivity index (χ1v) is 7.34. The number of aliphatic hydroxyl groups is 1. The van der Waals surface area contributed by atoms with E-state index in [2.05, 4.69) is 20.7 Å². The number of aliphatic hydroxyl groups excluding tert-OH is 1. The Morgan fingerprint density at radius 3 is 2.76 bits per heavy atom. The van der Waals surface area contributed by atoms with Gasteiger partial charge in [-0.15, -0.1) is 11.3 Å². The Balaban J connectivity index is 1.80. The zero-order valence-electron chi connectivity index (χ0n) is 11.2. The zero-order chi connectivity index (χ0) is 14.7. The second-order valence-corrected chi connectivity index (χ2v) is 5.38. The van der Waals surface area contributed by atoms with Crippen molar-refractivity contribution >= 4 is 33.3 Å². The predicted molar refractivity (Wildman–Crippen MR) is 85.1 cm³/mol. The lowest BCUT2D eigenvalue weighted by Crippen LogP contribution is -2.15. The molecule has 0 amide bonds. The van der Waals surface area contributed by atoms with E-state index in [1.807, 2.05) is 41.8 Å². The van der Waals surface area contributed by atoms with Crippen LogP contribution in [0.15, 0.2) is 41.8 Å². The van der Waals surface area contributed by atoms with Crippen molar-refractivity contribution in [1.82, 2.24) is 9.97 Å². The van der Waals surface area contributed by atoms with Crippen LogP contribution in [0.5, 0.6) is 0 Å². The summed E-state index contributed by atoms with van der Waals surface area (Å²) in [7, 11) is 0. The number of fused-ring (bicyclic) bond motifs is 1. The SMILES string of the molecule is NNc1nc(NCC(O)c2ccccc2)c2ccsc2n1. The Labute approximate surface area is 125 Å². The Morgan fingerprint density at radius 1 is 1.19 bits per heavy atom. The van der Waals surface area contributed by atoms with Gasteiger partial charge in [-0.1, -0.05) is 30.3 Å². The van der Waals surface area contributed by atoms with Gasteiger partial charge in [-0.05, 0) is 17.0 Å². The highest BCUT2D eigenvalue weighted by Crippen LogP contribution is 2.26. The van der Waals surface area contributed by atoms with Gasteiger partial charge in [-0.2, -0.15) is 4.98 Å². The van der Waals surface area contributed by atoms with Crippen LogP contribution in [-0.4, -0.2) is 21.6 Å². The number of anilines is 2. The van der Waals surface area contributed by atoms with E-state index >= 15 is 0 Å². The van der Waals surface area contributed by atoms with Gasteiger partial charge in [0.2, 0.25) is 5.95 Å². The lowest BCUT2D eigenvalue weighted by atomic mass is 10.1. The summed E-state index contributed by atoms with van der Waals surface area (Å²) in [4.78, 5) is 9.41. The molecule has 0 aliphatic heterocycles. The first-order valence-electron chi connectivity index (χ1n) is 6.46. The second-order valence-electron chi connectivity index (χ2n) is 4.49. The molecule has 0 fully saturated rings. The summed E-state index contributed by atoms with van der Waals surface area (Å²) in [5, 5.41) is 16.2. The molecule has 1 aromatic carbocycles. The number of hydrogen-bond donors (Lipinski definition) is 4. The van der Waals surface area contributed by atoms with Crippen molar-refractivity contribution in [3.8, 4) is 0 Å². The number of benzene rings is 1. The van der Waals surface area contributed by atoms with E-state index in [1.165, 1.54) is 11.3 Å². The summed E-state index contributed by atoms with van der Waals surface area (Å²) in [5.41, 5.74) is 3.31. The Hall–Kier alpha value is -2.22. The minimum Gasteiger partial charge on any atom is -0.387 e. The number of hydrazine groups is 1. The van der Waals surface area contributed by atoms with Gasteiger partial charge < -0.3 is 10.4 Å². The highest BCUT2D eigenvalue weighted by Gasteiger charge is 2.11. The van der Waals surface area contributed by atoms with E-state index in [-0.39, 0.29) is 0 Å². The van der Waals surface area contributed by atoms with Gasteiger partial charge in [0, 0.05) is 6.54 Å². The molecule has 0 aliphatic carbocycles. The summed E-state index contributed by atoms with van der Waals surface area (Å²) in [6, 6.07) is 11.4. The molecule has 0 saturated heterocycles. The fraction of sp³-hybridized carbons (Fsp3) is 0.143. The summed E-state index contributed by atoms with van der Waals surface area (Å²) in [6.07, 6.45) is -0.607. The van der Waals surface area contributed by atoms with Gasteiger partial charge in [-0.25, -0.2) is 10.8 Å². The summed E-state index contributed by atoms with van der Waals surface area (Å²) >= 11 is 1.51. The van der Waals surface area contributed by atoms with Crippen molar-refractivity contribution in [2.24, 2.45) is 5.84 Å². The maximum absolute atomic E-state index is 10.2. The number of aromatic nitrogens is 2. The molecular weight excluding hydrogens is 286 g/mol. The van der Waals surface area contributed by atoms with E-state index in [0.717, 1.165) is 15.8 Å². The van der Waals surface area contributed by atoms with Crippen LogP contribution in [0.3, 0.4) is 0 Å². The van der Waals surface area contributed by atoms with Crippen LogP contribution >= 0.6 is 11.3 Å². The third-order valence-corrected chi connectivity index (χ3v) is 3.91. The molecule has 2 aromatic heterocycles. The topological polar surface area (TPSA) is 96.1 Å². The molecule has 1 unspecified atom stereocenters. The molecule has 5 N–H and O–H groups in total. The lowest BCUT2D eigenvalue weighted by Gasteiger charge is -2.13. The van der Waals surface area contributed by atoms with Crippen molar-refractivity contribution < 1.29 is 5.11 Å². The van der Waals surface area contributed by atoms with E-state index in [0.29, 0.717) is 18.3 Å². The van der Waals surface area contributed by atoms with Crippen molar-refractivity contribution in [1.29, 1.82) is 0 Å². The first-order chi connectivity index (χ1) is 10.3. The van der Waals surface area contributed by atoms with E-state index in [1.54, 1.807) is 0 Å². The molecule has 108 valence electrons. The third kappa shape index (κ3) is 2.94.